The lowest BCUT2D eigenvalue weighted by Gasteiger charge is -2.23. The molecular weight excluding hydrogens is 342 g/mol. The third-order valence-electron chi connectivity index (χ3n) is 4.89. The molecule has 0 aliphatic carbocycles. The van der Waals surface area contributed by atoms with E-state index in [0.29, 0.717) is 25.1 Å². The average molecular weight is 371 g/mol. The van der Waals surface area contributed by atoms with Crippen molar-refractivity contribution in [2.75, 3.05) is 6.54 Å². The van der Waals surface area contributed by atoms with E-state index in [9.17, 15) is 9.59 Å². The summed E-state index contributed by atoms with van der Waals surface area (Å²) < 4.78 is 1.94. The first-order chi connectivity index (χ1) is 13.0. The minimum Gasteiger partial charge on any atom is -0.481 e. The van der Waals surface area contributed by atoms with E-state index in [1.54, 1.807) is 11.1 Å². The van der Waals surface area contributed by atoms with Crippen molar-refractivity contribution in [1.29, 1.82) is 0 Å². The van der Waals surface area contributed by atoms with Crippen molar-refractivity contribution in [3.05, 3.63) is 53.3 Å². The van der Waals surface area contributed by atoms with Gasteiger partial charge in [0.1, 0.15) is 0 Å². The summed E-state index contributed by atoms with van der Waals surface area (Å²) >= 11 is 0. The molecule has 6 nitrogen and oxygen atoms in total. The molecule has 0 bridgehead atoms. The molecule has 1 N–H and O–H groups in total. The number of benzene rings is 1. The number of carboxylic acid groups (broad SMARTS) is 1. The van der Waals surface area contributed by atoms with Crippen LogP contribution in [0.3, 0.4) is 0 Å². The average Bonchev–Trinajstić information content (AvgIpc) is 3.03. The molecule has 146 valence electrons. The highest BCUT2D eigenvalue weighted by atomic mass is 16.4. The van der Waals surface area contributed by atoms with Gasteiger partial charge in [-0.2, -0.15) is 5.10 Å². The standard InChI is InChI=1S/C21H29N3O3/c1-4-18(5-2)24-16(3)19(14-22-24)21(27)23(13-9-12-20(25)26)15-17-10-7-6-8-11-17/h6-8,10-11,14,18H,4-5,9,12-13,15H2,1-3H3,(H,25,26). The summed E-state index contributed by atoms with van der Waals surface area (Å²) in [7, 11) is 0. The van der Waals surface area contributed by atoms with Gasteiger partial charge < -0.3 is 10.0 Å². The Balaban J connectivity index is 2.23. The molecule has 1 amide bonds. The monoisotopic (exact) mass is 371 g/mol. The normalized spacial score (nSPS) is 11.0. The summed E-state index contributed by atoms with van der Waals surface area (Å²) in [6, 6.07) is 10.0. The summed E-state index contributed by atoms with van der Waals surface area (Å²) in [5, 5.41) is 13.4. The predicted molar refractivity (Wildman–Crippen MR) is 105 cm³/mol. The van der Waals surface area contributed by atoms with Crippen LogP contribution in [0.2, 0.25) is 0 Å². The van der Waals surface area contributed by atoms with Gasteiger partial charge in [0, 0.05) is 25.2 Å². The predicted octanol–water partition coefficient (Wildman–Crippen LogP) is 4.06. The lowest BCUT2D eigenvalue weighted by Crippen LogP contribution is -2.32. The molecule has 0 fully saturated rings. The largest absolute Gasteiger partial charge is 0.481 e. The number of amides is 1. The summed E-state index contributed by atoms with van der Waals surface area (Å²) in [6.45, 7) is 7.01. The fraction of sp³-hybridized carbons (Fsp3) is 0.476. The minimum atomic E-state index is -0.847. The van der Waals surface area contributed by atoms with Crippen LogP contribution in [0, 0.1) is 6.92 Å². The van der Waals surface area contributed by atoms with Crippen LogP contribution < -0.4 is 0 Å². The fourth-order valence-electron chi connectivity index (χ4n) is 3.28. The van der Waals surface area contributed by atoms with Crippen LogP contribution in [-0.4, -0.2) is 38.2 Å². The SMILES string of the molecule is CCC(CC)n1ncc(C(=O)N(CCCC(=O)O)Cc2ccccc2)c1C. The molecule has 2 aromatic rings. The molecule has 1 heterocycles. The quantitative estimate of drug-likeness (QED) is 0.683. The van der Waals surface area contributed by atoms with E-state index in [4.69, 9.17) is 5.11 Å². The second kappa shape index (κ2) is 9.90. The van der Waals surface area contributed by atoms with Gasteiger partial charge in [-0.25, -0.2) is 0 Å². The number of carbonyl (C=O) groups is 2. The molecule has 0 unspecified atom stereocenters. The Kier molecular flexibility index (Phi) is 7.58. The van der Waals surface area contributed by atoms with E-state index in [0.717, 1.165) is 24.1 Å². The van der Waals surface area contributed by atoms with Crippen molar-refractivity contribution in [3.8, 4) is 0 Å². The van der Waals surface area contributed by atoms with Gasteiger partial charge in [0.05, 0.1) is 17.8 Å². The van der Waals surface area contributed by atoms with Gasteiger partial charge in [0.15, 0.2) is 0 Å². The molecule has 0 saturated carbocycles. The van der Waals surface area contributed by atoms with E-state index >= 15 is 0 Å². The van der Waals surface area contributed by atoms with Gasteiger partial charge in [-0.15, -0.1) is 0 Å². The van der Waals surface area contributed by atoms with Gasteiger partial charge in [-0.1, -0.05) is 44.2 Å². The molecule has 0 spiro atoms. The Morgan fingerprint density at radius 1 is 1.19 bits per heavy atom. The molecule has 1 aromatic carbocycles. The van der Waals surface area contributed by atoms with E-state index in [-0.39, 0.29) is 18.4 Å². The van der Waals surface area contributed by atoms with E-state index < -0.39 is 5.97 Å². The van der Waals surface area contributed by atoms with Crippen LogP contribution in [0.1, 0.15) is 67.2 Å². The molecule has 2 rings (SSSR count). The number of hydrogen-bond donors (Lipinski definition) is 1. The number of hydrogen-bond acceptors (Lipinski definition) is 3. The van der Waals surface area contributed by atoms with Gasteiger partial charge in [-0.05, 0) is 31.7 Å². The lowest BCUT2D eigenvalue weighted by atomic mass is 10.1. The first-order valence-electron chi connectivity index (χ1n) is 9.57. The maximum absolute atomic E-state index is 13.2. The molecule has 27 heavy (non-hydrogen) atoms. The molecule has 0 atom stereocenters. The van der Waals surface area contributed by atoms with Gasteiger partial charge in [-0.3, -0.25) is 14.3 Å². The highest BCUT2D eigenvalue weighted by molar-refractivity contribution is 5.95. The van der Waals surface area contributed by atoms with Crippen LogP contribution in [0.15, 0.2) is 36.5 Å². The Hall–Kier alpha value is -2.63. The summed E-state index contributed by atoms with van der Waals surface area (Å²) in [5.41, 5.74) is 2.48. The highest BCUT2D eigenvalue weighted by Crippen LogP contribution is 2.21. The molecule has 0 aliphatic heterocycles. The Morgan fingerprint density at radius 2 is 1.85 bits per heavy atom. The van der Waals surface area contributed by atoms with Crippen molar-refractivity contribution in [3.63, 3.8) is 0 Å². The lowest BCUT2D eigenvalue weighted by molar-refractivity contribution is -0.137. The topological polar surface area (TPSA) is 75.4 Å². The maximum atomic E-state index is 13.2. The molecule has 0 saturated heterocycles. The van der Waals surface area contributed by atoms with Gasteiger partial charge >= 0.3 is 5.97 Å². The van der Waals surface area contributed by atoms with Crippen LogP contribution in [0.4, 0.5) is 0 Å². The third-order valence-corrected chi connectivity index (χ3v) is 4.89. The van der Waals surface area contributed by atoms with Gasteiger partial charge in [0.2, 0.25) is 0 Å². The number of rotatable bonds is 10. The Morgan fingerprint density at radius 3 is 2.44 bits per heavy atom. The van der Waals surface area contributed by atoms with Crippen LogP contribution in [0.25, 0.3) is 0 Å². The number of aliphatic carboxylic acids is 1. The minimum absolute atomic E-state index is 0.0462. The Labute approximate surface area is 160 Å². The number of aromatic nitrogens is 2. The van der Waals surface area contributed by atoms with E-state index in [1.807, 2.05) is 41.9 Å². The zero-order chi connectivity index (χ0) is 19.8. The van der Waals surface area contributed by atoms with E-state index in [2.05, 4.69) is 18.9 Å². The third kappa shape index (κ3) is 5.42. The molecule has 6 heteroatoms. The zero-order valence-corrected chi connectivity index (χ0v) is 16.4. The van der Waals surface area contributed by atoms with Crippen LogP contribution in [-0.2, 0) is 11.3 Å². The van der Waals surface area contributed by atoms with Crippen molar-refractivity contribution in [2.24, 2.45) is 0 Å². The summed E-state index contributed by atoms with van der Waals surface area (Å²) in [4.78, 5) is 25.8. The second-order valence-corrected chi connectivity index (χ2v) is 6.77. The molecule has 1 aromatic heterocycles. The molecule has 0 aliphatic rings. The fourth-order valence-corrected chi connectivity index (χ4v) is 3.28. The number of carboxylic acids is 1. The first kappa shape index (κ1) is 20.7. The molecular formula is C21H29N3O3. The summed E-state index contributed by atoms with van der Waals surface area (Å²) in [6.07, 6.45) is 4.03. The van der Waals surface area contributed by atoms with Crippen LogP contribution >= 0.6 is 0 Å². The summed E-state index contributed by atoms with van der Waals surface area (Å²) in [5.74, 6) is -0.946. The smallest absolute Gasteiger partial charge is 0.303 e. The zero-order valence-electron chi connectivity index (χ0n) is 16.4. The van der Waals surface area contributed by atoms with Crippen LogP contribution in [0.5, 0.6) is 0 Å². The van der Waals surface area contributed by atoms with Crippen molar-refractivity contribution in [1.82, 2.24) is 14.7 Å². The maximum Gasteiger partial charge on any atom is 0.303 e. The highest BCUT2D eigenvalue weighted by Gasteiger charge is 2.22. The number of nitrogens with zero attached hydrogens (tertiary/aromatic N) is 3. The molecule has 0 radical (unpaired) electrons. The van der Waals surface area contributed by atoms with Crippen molar-refractivity contribution in [2.45, 2.75) is 59.0 Å². The van der Waals surface area contributed by atoms with Crippen molar-refractivity contribution < 1.29 is 14.7 Å². The first-order valence-corrected chi connectivity index (χ1v) is 9.57. The second-order valence-electron chi connectivity index (χ2n) is 6.77. The van der Waals surface area contributed by atoms with E-state index in [1.165, 1.54) is 0 Å². The van der Waals surface area contributed by atoms with Gasteiger partial charge in [0.25, 0.3) is 5.91 Å². The Bertz CT molecular complexity index is 751. The van der Waals surface area contributed by atoms with Crippen molar-refractivity contribution >= 4 is 11.9 Å². The number of carbonyl (C=O) groups excluding carboxylic acids is 1.